The van der Waals surface area contributed by atoms with Crippen LogP contribution in [0.1, 0.15) is 31.2 Å². The topological polar surface area (TPSA) is 116 Å². The zero-order valence-electron chi connectivity index (χ0n) is 14.2. The highest BCUT2D eigenvalue weighted by atomic mass is 32.2. The zero-order chi connectivity index (χ0) is 18.3. The van der Waals surface area contributed by atoms with E-state index in [0.29, 0.717) is 12.4 Å². The lowest BCUT2D eigenvalue weighted by molar-refractivity contribution is -0.143. The van der Waals surface area contributed by atoms with E-state index >= 15 is 0 Å². The molecular weight excluding hydrogens is 346 g/mol. The quantitative estimate of drug-likeness (QED) is 0.652. The molecule has 1 heterocycles. The predicted molar refractivity (Wildman–Crippen MR) is 88.9 cm³/mol. The standard InChI is InChI=1S/C15H21N5O4S/c1-3-4-9-20-14(17-18-19-20)11-24-15(21)10-16-25(22,23)13-7-5-12(2)6-8-13/h5-8,16H,3-4,9-11H2,1-2H3. The number of nitrogens with zero attached hydrogens (tertiary/aromatic N) is 4. The maximum Gasteiger partial charge on any atom is 0.321 e. The van der Waals surface area contributed by atoms with Crippen LogP contribution < -0.4 is 4.72 Å². The van der Waals surface area contributed by atoms with Crippen molar-refractivity contribution in [2.45, 2.75) is 44.7 Å². The molecule has 136 valence electrons. The van der Waals surface area contributed by atoms with Crippen LogP contribution in [-0.2, 0) is 32.7 Å². The largest absolute Gasteiger partial charge is 0.456 e. The van der Waals surface area contributed by atoms with Gasteiger partial charge in [-0.25, -0.2) is 13.1 Å². The number of aromatic nitrogens is 4. The molecular formula is C15H21N5O4S. The molecule has 0 spiro atoms. The molecule has 0 aliphatic heterocycles. The summed E-state index contributed by atoms with van der Waals surface area (Å²) >= 11 is 0. The van der Waals surface area contributed by atoms with Gasteiger partial charge in [0, 0.05) is 6.54 Å². The Balaban J connectivity index is 1.84. The molecule has 0 saturated heterocycles. The first kappa shape index (κ1) is 19.0. The number of esters is 1. The number of hydrogen-bond donors (Lipinski definition) is 1. The summed E-state index contributed by atoms with van der Waals surface area (Å²) in [4.78, 5) is 11.9. The summed E-state index contributed by atoms with van der Waals surface area (Å²) in [5, 5.41) is 11.2. The second-order valence-corrected chi connectivity index (χ2v) is 7.24. The van der Waals surface area contributed by atoms with Crippen LogP contribution in [0.4, 0.5) is 0 Å². The van der Waals surface area contributed by atoms with Crippen LogP contribution >= 0.6 is 0 Å². The van der Waals surface area contributed by atoms with Crippen LogP contribution in [0.25, 0.3) is 0 Å². The molecule has 0 saturated carbocycles. The first-order valence-corrected chi connectivity index (χ1v) is 9.37. The van der Waals surface area contributed by atoms with Crippen molar-refractivity contribution in [3.8, 4) is 0 Å². The van der Waals surface area contributed by atoms with Gasteiger partial charge in [-0.2, -0.15) is 4.72 Å². The molecule has 25 heavy (non-hydrogen) atoms. The number of nitrogens with one attached hydrogen (secondary N) is 1. The van der Waals surface area contributed by atoms with E-state index in [1.807, 2.05) is 13.8 Å². The van der Waals surface area contributed by atoms with E-state index in [2.05, 4.69) is 20.2 Å². The number of benzene rings is 1. The van der Waals surface area contributed by atoms with Crippen molar-refractivity contribution in [3.05, 3.63) is 35.7 Å². The average molecular weight is 367 g/mol. The Bertz CT molecular complexity index is 802. The minimum absolute atomic E-state index is 0.0920. The Hall–Kier alpha value is -2.33. The number of aryl methyl sites for hydroxylation is 2. The van der Waals surface area contributed by atoms with Gasteiger partial charge in [0.05, 0.1) is 4.90 Å². The minimum Gasteiger partial charge on any atom is -0.456 e. The van der Waals surface area contributed by atoms with Crippen LogP contribution in [-0.4, -0.2) is 41.1 Å². The third-order valence-electron chi connectivity index (χ3n) is 3.43. The number of sulfonamides is 1. The van der Waals surface area contributed by atoms with E-state index in [1.54, 1.807) is 16.8 Å². The van der Waals surface area contributed by atoms with Crippen LogP contribution in [0.15, 0.2) is 29.2 Å². The van der Waals surface area contributed by atoms with Gasteiger partial charge in [0.1, 0.15) is 6.54 Å². The molecule has 2 rings (SSSR count). The highest BCUT2D eigenvalue weighted by molar-refractivity contribution is 7.89. The summed E-state index contributed by atoms with van der Waals surface area (Å²) < 4.78 is 33.0. The van der Waals surface area contributed by atoms with Crippen molar-refractivity contribution in [1.82, 2.24) is 24.9 Å². The van der Waals surface area contributed by atoms with Gasteiger partial charge in [-0.3, -0.25) is 4.79 Å². The van der Waals surface area contributed by atoms with Crippen molar-refractivity contribution in [3.63, 3.8) is 0 Å². The number of tetrazole rings is 1. The average Bonchev–Trinajstić information content (AvgIpc) is 3.04. The molecule has 1 aromatic carbocycles. The van der Waals surface area contributed by atoms with E-state index in [1.165, 1.54) is 12.1 Å². The van der Waals surface area contributed by atoms with Gasteiger partial charge in [-0.05, 0) is 35.9 Å². The molecule has 0 amide bonds. The van der Waals surface area contributed by atoms with Crippen LogP contribution in [0.2, 0.25) is 0 Å². The van der Waals surface area contributed by atoms with Crippen LogP contribution in [0.3, 0.4) is 0 Å². The van der Waals surface area contributed by atoms with Crippen molar-refractivity contribution < 1.29 is 17.9 Å². The second kappa shape index (κ2) is 8.67. The molecule has 0 aliphatic carbocycles. The lowest BCUT2D eigenvalue weighted by Crippen LogP contribution is -2.30. The van der Waals surface area contributed by atoms with Gasteiger partial charge >= 0.3 is 5.97 Å². The lowest BCUT2D eigenvalue weighted by Gasteiger charge is -2.08. The number of unbranched alkanes of at least 4 members (excludes halogenated alkanes) is 1. The van der Waals surface area contributed by atoms with Gasteiger partial charge in [0.2, 0.25) is 10.0 Å². The molecule has 0 radical (unpaired) electrons. The van der Waals surface area contributed by atoms with Crippen molar-refractivity contribution in [2.75, 3.05) is 6.54 Å². The van der Waals surface area contributed by atoms with Gasteiger partial charge in [-0.1, -0.05) is 31.0 Å². The number of ether oxygens (including phenoxy) is 1. The summed E-state index contributed by atoms with van der Waals surface area (Å²) in [7, 11) is -3.76. The molecule has 2 aromatic rings. The van der Waals surface area contributed by atoms with Gasteiger partial charge in [0.15, 0.2) is 12.4 Å². The van der Waals surface area contributed by atoms with Gasteiger partial charge in [0.25, 0.3) is 0 Å². The Kier molecular flexibility index (Phi) is 6.59. The number of hydrogen-bond acceptors (Lipinski definition) is 7. The molecule has 0 bridgehead atoms. The monoisotopic (exact) mass is 367 g/mol. The third kappa shape index (κ3) is 5.61. The first-order chi connectivity index (χ1) is 11.9. The maximum absolute atomic E-state index is 12.1. The lowest BCUT2D eigenvalue weighted by atomic mass is 10.2. The van der Waals surface area contributed by atoms with E-state index in [9.17, 15) is 13.2 Å². The fourth-order valence-electron chi connectivity index (χ4n) is 1.96. The normalized spacial score (nSPS) is 11.4. The molecule has 0 atom stereocenters. The molecule has 0 fully saturated rings. The van der Waals surface area contributed by atoms with E-state index in [0.717, 1.165) is 18.4 Å². The highest BCUT2D eigenvalue weighted by Crippen LogP contribution is 2.09. The molecule has 0 aliphatic rings. The number of carbonyl (C=O) groups is 1. The van der Waals surface area contributed by atoms with Crippen LogP contribution in [0, 0.1) is 6.92 Å². The minimum atomic E-state index is -3.76. The molecule has 1 N–H and O–H groups in total. The Morgan fingerprint density at radius 3 is 2.68 bits per heavy atom. The highest BCUT2D eigenvalue weighted by Gasteiger charge is 2.16. The van der Waals surface area contributed by atoms with Crippen LogP contribution in [0.5, 0.6) is 0 Å². The summed E-state index contributed by atoms with van der Waals surface area (Å²) in [6, 6.07) is 6.32. The second-order valence-electron chi connectivity index (χ2n) is 5.47. The van der Waals surface area contributed by atoms with E-state index < -0.39 is 22.5 Å². The summed E-state index contributed by atoms with van der Waals surface area (Å²) in [6.07, 6.45) is 1.89. The fourth-order valence-corrected chi connectivity index (χ4v) is 2.93. The molecule has 9 nitrogen and oxygen atoms in total. The fraction of sp³-hybridized carbons (Fsp3) is 0.467. The van der Waals surface area contributed by atoms with E-state index in [-0.39, 0.29) is 11.5 Å². The SMILES string of the molecule is CCCCn1nnnc1COC(=O)CNS(=O)(=O)c1ccc(C)cc1. The summed E-state index contributed by atoms with van der Waals surface area (Å²) in [5.41, 5.74) is 0.944. The Morgan fingerprint density at radius 2 is 2.00 bits per heavy atom. The smallest absolute Gasteiger partial charge is 0.321 e. The first-order valence-electron chi connectivity index (χ1n) is 7.89. The molecule has 1 aromatic heterocycles. The molecule has 10 heteroatoms. The molecule has 0 unspecified atom stereocenters. The zero-order valence-corrected chi connectivity index (χ0v) is 15.0. The summed E-state index contributed by atoms with van der Waals surface area (Å²) in [6.45, 7) is 3.96. The van der Waals surface area contributed by atoms with Crippen molar-refractivity contribution >= 4 is 16.0 Å². The van der Waals surface area contributed by atoms with Crippen molar-refractivity contribution in [1.29, 1.82) is 0 Å². The summed E-state index contributed by atoms with van der Waals surface area (Å²) in [5.74, 6) is -0.288. The third-order valence-corrected chi connectivity index (χ3v) is 4.85. The Labute approximate surface area is 146 Å². The van der Waals surface area contributed by atoms with E-state index in [4.69, 9.17) is 4.74 Å². The van der Waals surface area contributed by atoms with Crippen molar-refractivity contribution in [2.24, 2.45) is 0 Å². The number of carbonyl (C=O) groups excluding carboxylic acids is 1. The Morgan fingerprint density at radius 1 is 1.28 bits per heavy atom. The number of rotatable bonds is 9. The predicted octanol–water partition coefficient (Wildman–Crippen LogP) is 0.803. The van der Waals surface area contributed by atoms with Gasteiger partial charge in [-0.15, -0.1) is 5.10 Å². The maximum atomic E-state index is 12.1. The van der Waals surface area contributed by atoms with Gasteiger partial charge < -0.3 is 4.74 Å².